The van der Waals surface area contributed by atoms with Gasteiger partial charge in [0, 0.05) is 18.4 Å². The smallest absolute Gasteiger partial charge is 0.310 e. The van der Waals surface area contributed by atoms with Crippen molar-refractivity contribution in [2.24, 2.45) is 17.6 Å². The standard InChI is InChI=1S/C30H42N4O9S/c1-39-24-12-18(13-25(40-2)29(24)35)26-19-14-22-23(43-17-42-22)15-20(19)28(21-16-41-30(36)27(21)26)34-44(37,38)11-10-33-9-5-8-32-7-4-3-6-31/h12-15,21,26-28,32-35H,3-11,16-17,31H2,1-2H3/t21-,26?,27-,28+/m0/s1. The number of fused-ring (bicyclic) bond motifs is 3. The molecule has 4 atom stereocenters. The second-order valence-electron chi connectivity index (χ2n) is 11.2. The number of hydrogen-bond acceptors (Lipinski definition) is 12. The van der Waals surface area contributed by atoms with Gasteiger partial charge < -0.3 is 45.2 Å². The average Bonchev–Trinajstić information content (AvgIpc) is 3.63. The van der Waals surface area contributed by atoms with Crippen LogP contribution in [0.3, 0.4) is 0 Å². The minimum Gasteiger partial charge on any atom is -0.502 e. The van der Waals surface area contributed by atoms with Crippen LogP contribution in [0.2, 0.25) is 0 Å². The van der Waals surface area contributed by atoms with Gasteiger partial charge in [0.05, 0.1) is 38.5 Å². The lowest BCUT2D eigenvalue weighted by atomic mass is 9.65. The molecule has 2 heterocycles. The van der Waals surface area contributed by atoms with E-state index in [4.69, 9.17) is 29.4 Å². The molecule has 242 valence electrons. The third kappa shape index (κ3) is 6.84. The van der Waals surface area contributed by atoms with Crippen LogP contribution in [0, 0.1) is 11.8 Å². The molecule has 0 saturated carbocycles. The molecule has 2 aliphatic heterocycles. The summed E-state index contributed by atoms with van der Waals surface area (Å²) in [5.74, 6) is -1.15. The average molecular weight is 635 g/mol. The van der Waals surface area contributed by atoms with Crippen molar-refractivity contribution in [1.29, 1.82) is 0 Å². The molecule has 1 fully saturated rings. The quantitative estimate of drug-likeness (QED) is 0.132. The highest BCUT2D eigenvalue weighted by Crippen LogP contribution is 2.55. The molecular formula is C30H42N4O9S. The van der Waals surface area contributed by atoms with Crippen molar-refractivity contribution >= 4 is 16.0 Å². The van der Waals surface area contributed by atoms with Gasteiger partial charge in [-0.1, -0.05) is 0 Å². The number of esters is 1. The number of carbonyl (C=O) groups excluding carboxylic acids is 1. The number of cyclic esters (lactones) is 1. The molecule has 2 aromatic carbocycles. The van der Waals surface area contributed by atoms with E-state index < -0.39 is 39.8 Å². The fourth-order valence-electron chi connectivity index (χ4n) is 6.25. The normalized spacial score (nSPS) is 21.9. The number of phenols is 1. The Morgan fingerprint density at radius 1 is 0.909 bits per heavy atom. The number of phenolic OH excluding ortho intramolecular Hbond substituents is 1. The lowest BCUT2D eigenvalue weighted by molar-refractivity contribution is -0.141. The number of methoxy groups -OCH3 is 2. The topological polar surface area (TPSA) is 180 Å². The number of hydrogen-bond donors (Lipinski definition) is 5. The van der Waals surface area contributed by atoms with E-state index in [0.717, 1.165) is 32.4 Å². The van der Waals surface area contributed by atoms with Crippen LogP contribution in [0.5, 0.6) is 28.7 Å². The fraction of sp³-hybridized carbons (Fsp3) is 0.567. The zero-order valence-electron chi connectivity index (χ0n) is 25.1. The Morgan fingerprint density at radius 3 is 2.20 bits per heavy atom. The van der Waals surface area contributed by atoms with Gasteiger partial charge in [0.1, 0.15) is 0 Å². The number of unbranched alkanes of at least 4 members (excludes halogenated alkanes) is 1. The summed E-state index contributed by atoms with van der Waals surface area (Å²) in [5.41, 5.74) is 7.51. The largest absolute Gasteiger partial charge is 0.502 e. The van der Waals surface area contributed by atoms with Crippen LogP contribution in [0.15, 0.2) is 24.3 Å². The minimum absolute atomic E-state index is 0.0317. The minimum atomic E-state index is -3.76. The lowest BCUT2D eigenvalue weighted by Gasteiger charge is -2.39. The molecule has 0 amide bonds. The van der Waals surface area contributed by atoms with Crippen LogP contribution in [0.1, 0.15) is 47.9 Å². The first-order valence-corrected chi connectivity index (χ1v) is 16.6. The van der Waals surface area contributed by atoms with E-state index >= 15 is 0 Å². The first-order valence-electron chi connectivity index (χ1n) is 14.9. The van der Waals surface area contributed by atoms with Crippen LogP contribution >= 0.6 is 0 Å². The van der Waals surface area contributed by atoms with Gasteiger partial charge in [0.25, 0.3) is 0 Å². The van der Waals surface area contributed by atoms with E-state index in [1.165, 1.54) is 14.2 Å². The Balaban J connectivity index is 1.38. The first kappa shape index (κ1) is 32.1. The fourth-order valence-corrected chi connectivity index (χ4v) is 7.47. The summed E-state index contributed by atoms with van der Waals surface area (Å²) >= 11 is 0. The summed E-state index contributed by atoms with van der Waals surface area (Å²) < 4.78 is 57.3. The third-order valence-electron chi connectivity index (χ3n) is 8.42. The van der Waals surface area contributed by atoms with E-state index in [9.17, 15) is 18.3 Å². The van der Waals surface area contributed by atoms with Crippen molar-refractivity contribution in [3.05, 3.63) is 41.0 Å². The van der Waals surface area contributed by atoms with Gasteiger partial charge in [0.15, 0.2) is 23.0 Å². The van der Waals surface area contributed by atoms with E-state index in [0.29, 0.717) is 41.3 Å². The zero-order valence-corrected chi connectivity index (χ0v) is 25.9. The van der Waals surface area contributed by atoms with Gasteiger partial charge >= 0.3 is 5.97 Å². The summed E-state index contributed by atoms with van der Waals surface area (Å²) in [6.07, 6.45) is 2.90. The SMILES string of the molecule is COc1cc(C2c3cc4c(cc3[C@@H](NS(=O)(=O)CCNCCCNCCCCN)[C@H]3COC(=O)[C@H]23)OCO4)cc(OC)c1O. The van der Waals surface area contributed by atoms with Crippen molar-refractivity contribution in [1.82, 2.24) is 15.4 Å². The molecule has 14 heteroatoms. The number of ether oxygens (including phenoxy) is 5. The first-order chi connectivity index (χ1) is 21.3. The molecule has 1 saturated heterocycles. The molecular weight excluding hydrogens is 592 g/mol. The molecule has 44 heavy (non-hydrogen) atoms. The van der Waals surface area contributed by atoms with Crippen molar-refractivity contribution in [3.63, 3.8) is 0 Å². The highest BCUT2D eigenvalue weighted by Gasteiger charge is 2.53. The van der Waals surface area contributed by atoms with Crippen LogP contribution in [0.4, 0.5) is 0 Å². The maximum atomic E-state index is 13.4. The zero-order chi connectivity index (χ0) is 31.3. The predicted molar refractivity (Wildman–Crippen MR) is 162 cm³/mol. The summed E-state index contributed by atoms with van der Waals surface area (Å²) in [5, 5.41) is 17.1. The molecule has 3 aliphatic rings. The van der Waals surface area contributed by atoms with Gasteiger partial charge in [-0.05, 0) is 86.4 Å². The Bertz CT molecular complexity index is 1410. The van der Waals surface area contributed by atoms with Gasteiger partial charge in [-0.25, -0.2) is 13.1 Å². The Hall–Kier alpha value is -3.30. The number of carbonyl (C=O) groups is 1. The predicted octanol–water partition coefficient (Wildman–Crippen LogP) is 1.34. The lowest BCUT2D eigenvalue weighted by Crippen LogP contribution is -2.44. The summed E-state index contributed by atoms with van der Waals surface area (Å²) in [6.45, 7) is 3.49. The second kappa shape index (κ2) is 14.2. The third-order valence-corrected chi connectivity index (χ3v) is 9.77. The van der Waals surface area contributed by atoms with Crippen LogP contribution in [-0.4, -0.2) is 85.6 Å². The van der Waals surface area contributed by atoms with Crippen LogP contribution < -0.4 is 40.0 Å². The van der Waals surface area contributed by atoms with Crippen molar-refractivity contribution < 1.29 is 42.0 Å². The second-order valence-corrected chi connectivity index (χ2v) is 13.0. The van der Waals surface area contributed by atoms with Crippen molar-refractivity contribution in [2.45, 2.75) is 31.2 Å². The van der Waals surface area contributed by atoms with Gasteiger partial charge in [-0.2, -0.15) is 0 Å². The molecule has 2 aromatic rings. The van der Waals surface area contributed by atoms with Crippen LogP contribution in [-0.2, 0) is 19.6 Å². The maximum Gasteiger partial charge on any atom is 0.310 e. The molecule has 0 aromatic heterocycles. The van der Waals surface area contributed by atoms with Gasteiger partial charge in [0.2, 0.25) is 22.6 Å². The molecule has 1 unspecified atom stereocenters. The Labute approximate surface area is 257 Å². The maximum absolute atomic E-state index is 13.4. The van der Waals surface area contributed by atoms with E-state index in [-0.39, 0.29) is 42.9 Å². The molecule has 0 radical (unpaired) electrons. The van der Waals surface area contributed by atoms with Crippen molar-refractivity contribution in [3.8, 4) is 28.7 Å². The number of nitrogens with one attached hydrogen (secondary N) is 3. The van der Waals surface area contributed by atoms with Gasteiger partial charge in [-0.15, -0.1) is 0 Å². The molecule has 0 bridgehead atoms. The van der Waals surface area contributed by atoms with Gasteiger partial charge in [-0.3, -0.25) is 4.79 Å². The number of benzene rings is 2. The summed E-state index contributed by atoms with van der Waals surface area (Å²) in [4.78, 5) is 13.3. The molecule has 6 N–H and O–H groups in total. The Morgan fingerprint density at radius 2 is 1.55 bits per heavy atom. The highest BCUT2D eigenvalue weighted by atomic mass is 32.2. The number of sulfonamides is 1. The number of rotatable bonds is 16. The number of nitrogens with two attached hydrogens (primary N) is 1. The molecule has 0 spiro atoms. The molecule has 5 rings (SSSR count). The molecule has 13 nitrogen and oxygen atoms in total. The summed E-state index contributed by atoms with van der Waals surface area (Å²) in [7, 11) is -0.903. The van der Waals surface area contributed by atoms with Crippen LogP contribution in [0.25, 0.3) is 0 Å². The Kier molecular flexibility index (Phi) is 10.4. The van der Waals surface area contributed by atoms with Crippen molar-refractivity contribution in [2.75, 3.05) is 66.1 Å². The van der Waals surface area contributed by atoms with E-state index in [2.05, 4.69) is 15.4 Å². The van der Waals surface area contributed by atoms with E-state index in [1.807, 2.05) is 0 Å². The summed E-state index contributed by atoms with van der Waals surface area (Å²) in [6, 6.07) is 6.15. The monoisotopic (exact) mass is 634 g/mol. The highest BCUT2D eigenvalue weighted by molar-refractivity contribution is 7.89. The number of aromatic hydroxyl groups is 1. The molecule has 1 aliphatic carbocycles. The van der Waals surface area contributed by atoms with E-state index in [1.54, 1.807) is 24.3 Å².